The number of aromatic amines is 1. The molecular formula is C20H27BrN2O3S. The van der Waals surface area contributed by atoms with Crippen LogP contribution >= 0.6 is 27.7 Å². The highest BCUT2D eigenvalue weighted by Crippen LogP contribution is 2.30. The van der Waals surface area contributed by atoms with Crippen molar-refractivity contribution >= 4 is 44.9 Å². The van der Waals surface area contributed by atoms with E-state index in [2.05, 4.69) is 31.0 Å². The van der Waals surface area contributed by atoms with Gasteiger partial charge in [-0.1, -0.05) is 15.9 Å². The molecule has 1 aliphatic heterocycles. The molecule has 2 aromatic rings. The molecule has 7 heteroatoms. The van der Waals surface area contributed by atoms with Gasteiger partial charge in [0.05, 0.1) is 0 Å². The summed E-state index contributed by atoms with van der Waals surface area (Å²) in [6.45, 7) is 8.18. The molecule has 5 nitrogen and oxygen atoms in total. The topological polar surface area (TPSA) is 71.2 Å². The number of benzene rings is 1. The third-order valence-corrected chi connectivity index (χ3v) is 5.88. The van der Waals surface area contributed by atoms with E-state index in [0.29, 0.717) is 6.47 Å². The number of nitrogens with one attached hydrogen (secondary N) is 2. The second kappa shape index (κ2) is 10.3. The molecule has 0 spiro atoms. The van der Waals surface area contributed by atoms with Crippen molar-refractivity contribution in [3.05, 3.63) is 39.2 Å². The second-order valence-electron chi connectivity index (χ2n) is 7.52. The third kappa shape index (κ3) is 7.31. The quantitative estimate of drug-likeness (QED) is 0.530. The van der Waals surface area contributed by atoms with Gasteiger partial charge in [-0.25, -0.2) is 0 Å². The summed E-state index contributed by atoms with van der Waals surface area (Å²) in [6.07, 6.45) is 4.41. The van der Waals surface area contributed by atoms with Gasteiger partial charge in [0.2, 0.25) is 0 Å². The number of pyridine rings is 1. The van der Waals surface area contributed by atoms with Gasteiger partial charge in [0.1, 0.15) is 5.60 Å². The monoisotopic (exact) mass is 454 g/mol. The first-order chi connectivity index (χ1) is 12.8. The molecule has 0 aliphatic carbocycles. The van der Waals surface area contributed by atoms with E-state index >= 15 is 0 Å². The van der Waals surface area contributed by atoms with Gasteiger partial charge >= 0.3 is 0 Å². The fourth-order valence-electron chi connectivity index (χ4n) is 2.74. The standard InChI is InChI=1S/C15H17BrN2OS.C5H10O2/c16-11-3-4-12-13(6-11)14(8-18-15(12)19)20-9-10-2-1-5-17-7-10;1-5(2,3)7-4-6/h3-4,6,8,10,17H,1-2,5,7,9H2,(H,18,19);4H,1-3H3. The Labute approximate surface area is 172 Å². The number of fused-ring (bicyclic) bond motifs is 1. The SMILES string of the molecule is CC(C)(C)OC=O.O=c1[nH]cc(SCC2CCCNC2)c2cc(Br)ccc12. The molecule has 0 saturated carbocycles. The van der Waals surface area contributed by atoms with Gasteiger partial charge in [-0.2, -0.15) is 0 Å². The molecular weight excluding hydrogens is 428 g/mol. The van der Waals surface area contributed by atoms with Crippen molar-refractivity contribution in [2.24, 2.45) is 5.92 Å². The summed E-state index contributed by atoms with van der Waals surface area (Å²) in [5.74, 6) is 1.82. The Kier molecular flexibility index (Phi) is 8.38. The van der Waals surface area contributed by atoms with E-state index in [0.717, 1.165) is 44.9 Å². The van der Waals surface area contributed by atoms with Crippen molar-refractivity contribution in [3.63, 3.8) is 0 Å². The fraction of sp³-hybridized carbons (Fsp3) is 0.500. The Balaban J connectivity index is 0.000000321. The molecule has 1 aromatic heterocycles. The number of halogens is 1. The number of carbonyl (C=O) groups excluding carboxylic acids is 1. The van der Waals surface area contributed by atoms with Gasteiger partial charge in [-0.05, 0) is 70.8 Å². The van der Waals surface area contributed by atoms with Gasteiger partial charge in [0.25, 0.3) is 12.0 Å². The van der Waals surface area contributed by atoms with Crippen molar-refractivity contribution < 1.29 is 9.53 Å². The first kappa shape index (κ1) is 22.0. The van der Waals surface area contributed by atoms with Gasteiger partial charge in [0.15, 0.2) is 0 Å². The van der Waals surface area contributed by atoms with Crippen LogP contribution in [0.1, 0.15) is 33.6 Å². The fourth-order valence-corrected chi connectivity index (χ4v) is 4.27. The number of H-pyrrole nitrogens is 1. The van der Waals surface area contributed by atoms with Crippen molar-refractivity contribution in [2.75, 3.05) is 18.8 Å². The Hall–Kier alpha value is -1.31. The molecule has 1 aliphatic rings. The van der Waals surface area contributed by atoms with Crippen LogP contribution in [0, 0.1) is 5.92 Å². The highest BCUT2D eigenvalue weighted by atomic mass is 79.9. The molecule has 2 N–H and O–H groups in total. The molecule has 0 bridgehead atoms. The van der Waals surface area contributed by atoms with Crippen LogP contribution in [-0.4, -0.2) is 35.9 Å². The lowest BCUT2D eigenvalue weighted by Crippen LogP contribution is -2.30. The summed E-state index contributed by atoms with van der Waals surface area (Å²) >= 11 is 5.33. The number of carbonyl (C=O) groups is 1. The molecule has 1 atom stereocenters. The average Bonchev–Trinajstić information content (AvgIpc) is 2.61. The molecule has 1 saturated heterocycles. The smallest absolute Gasteiger partial charge is 0.293 e. The minimum atomic E-state index is -0.318. The lowest BCUT2D eigenvalue weighted by atomic mass is 10.0. The summed E-state index contributed by atoms with van der Waals surface area (Å²) in [6, 6.07) is 5.83. The third-order valence-electron chi connectivity index (χ3n) is 4.10. The van der Waals surface area contributed by atoms with Crippen LogP contribution in [-0.2, 0) is 9.53 Å². The van der Waals surface area contributed by atoms with E-state index < -0.39 is 0 Å². The van der Waals surface area contributed by atoms with Crippen LogP contribution in [0.4, 0.5) is 0 Å². The Morgan fingerprint density at radius 2 is 2.11 bits per heavy atom. The molecule has 2 heterocycles. The van der Waals surface area contributed by atoms with Crippen molar-refractivity contribution in [1.82, 2.24) is 10.3 Å². The maximum Gasteiger partial charge on any atom is 0.293 e. The lowest BCUT2D eigenvalue weighted by Gasteiger charge is -2.22. The minimum absolute atomic E-state index is 0.0174. The van der Waals surface area contributed by atoms with E-state index in [-0.39, 0.29) is 11.2 Å². The van der Waals surface area contributed by atoms with Gasteiger partial charge in [-0.3, -0.25) is 9.59 Å². The average molecular weight is 455 g/mol. The van der Waals surface area contributed by atoms with Crippen LogP contribution in [0.2, 0.25) is 0 Å². The maximum atomic E-state index is 11.9. The maximum absolute atomic E-state index is 11.9. The van der Waals surface area contributed by atoms with Gasteiger partial charge < -0.3 is 15.0 Å². The van der Waals surface area contributed by atoms with Crippen LogP contribution in [0.25, 0.3) is 10.8 Å². The summed E-state index contributed by atoms with van der Waals surface area (Å²) in [4.78, 5) is 25.5. The Morgan fingerprint density at radius 3 is 2.70 bits per heavy atom. The molecule has 1 fully saturated rings. The van der Waals surface area contributed by atoms with Crippen LogP contribution in [0.5, 0.6) is 0 Å². The van der Waals surface area contributed by atoms with E-state index in [4.69, 9.17) is 0 Å². The lowest BCUT2D eigenvalue weighted by molar-refractivity contribution is -0.138. The summed E-state index contributed by atoms with van der Waals surface area (Å²) in [5.41, 5.74) is -0.335. The molecule has 1 aromatic carbocycles. The van der Waals surface area contributed by atoms with Crippen LogP contribution in [0.15, 0.2) is 38.6 Å². The second-order valence-corrected chi connectivity index (χ2v) is 9.50. The highest BCUT2D eigenvalue weighted by Gasteiger charge is 2.14. The first-order valence-corrected chi connectivity index (χ1v) is 10.8. The molecule has 27 heavy (non-hydrogen) atoms. The van der Waals surface area contributed by atoms with Crippen LogP contribution in [0.3, 0.4) is 0 Å². The van der Waals surface area contributed by atoms with Gasteiger partial charge in [-0.15, -0.1) is 11.8 Å². The molecule has 148 valence electrons. The van der Waals surface area contributed by atoms with Crippen molar-refractivity contribution in [3.8, 4) is 0 Å². The van der Waals surface area contributed by atoms with Crippen LogP contribution < -0.4 is 10.9 Å². The molecule has 3 rings (SSSR count). The predicted octanol–water partition coefficient (Wildman–Crippen LogP) is 4.34. The Morgan fingerprint density at radius 1 is 1.33 bits per heavy atom. The summed E-state index contributed by atoms with van der Waals surface area (Å²) in [7, 11) is 0. The summed E-state index contributed by atoms with van der Waals surface area (Å²) in [5, 5.41) is 5.25. The number of aromatic nitrogens is 1. The number of rotatable bonds is 4. The number of piperidine rings is 1. The highest BCUT2D eigenvalue weighted by molar-refractivity contribution is 9.10. The first-order valence-electron chi connectivity index (χ1n) is 9.06. The number of hydrogen-bond acceptors (Lipinski definition) is 5. The normalized spacial score (nSPS) is 17.1. The largest absolute Gasteiger partial charge is 0.462 e. The zero-order valence-electron chi connectivity index (χ0n) is 16.0. The molecule has 0 radical (unpaired) electrons. The summed E-state index contributed by atoms with van der Waals surface area (Å²) < 4.78 is 5.56. The van der Waals surface area contributed by atoms with Gasteiger partial charge in [0, 0.05) is 32.1 Å². The molecule has 1 unspecified atom stereocenters. The predicted molar refractivity (Wildman–Crippen MR) is 115 cm³/mol. The Bertz CT molecular complexity index is 811. The van der Waals surface area contributed by atoms with E-state index in [1.165, 1.54) is 12.8 Å². The molecule has 0 amide bonds. The number of hydrogen-bond donors (Lipinski definition) is 2. The van der Waals surface area contributed by atoms with E-state index in [1.807, 2.05) is 56.9 Å². The van der Waals surface area contributed by atoms with E-state index in [1.54, 1.807) is 0 Å². The zero-order chi connectivity index (χ0) is 19.9. The van der Waals surface area contributed by atoms with Crippen molar-refractivity contribution in [2.45, 2.75) is 44.1 Å². The number of thioether (sulfide) groups is 1. The number of ether oxygens (including phenoxy) is 1. The van der Waals surface area contributed by atoms with Crippen molar-refractivity contribution in [1.29, 1.82) is 0 Å². The zero-order valence-corrected chi connectivity index (χ0v) is 18.4. The minimum Gasteiger partial charge on any atom is -0.462 e. The van der Waals surface area contributed by atoms with E-state index in [9.17, 15) is 9.59 Å².